The molecule has 0 aliphatic rings. The van der Waals surface area contributed by atoms with Gasteiger partial charge in [-0.2, -0.15) is 0 Å². The molecule has 0 spiro atoms. The SMILES string of the molecule is CC(CCCCl)NS(=O)(=O)c1sccc1Br. The Morgan fingerprint density at radius 1 is 1.62 bits per heavy atom. The van der Waals surface area contributed by atoms with Crippen LogP contribution in [0.25, 0.3) is 0 Å². The van der Waals surface area contributed by atoms with Gasteiger partial charge in [-0.25, -0.2) is 13.1 Å². The van der Waals surface area contributed by atoms with Crippen LogP contribution in [0.15, 0.2) is 20.1 Å². The van der Waals surface area contributed by atoms with E-state index in [-0.39, 0.29) is 6.04 Å². The molecule has 1 rings (SSSR count). The number of sulfonamides is 1. The lowest BCUT2D eigenvalue weighted by molar-refractivity contribution is 0.546. The van der Waals surface area contributed by atoms with Gasteiger partial charge in [0.25, 0.3) is 10.0 Å². The van der Waals surface area contributed by atoms with Crippen molar-refractivity contribution in [1.29, 1.82) is 0 Å². The summed E-state index contributed by atoms with van der Waals surface area (Å²) in [7, 11) is -3.40. The van der Waals surface area contributed by atoms with Crippen LogP contribution < -0.4 is 4.72 Å². The fraction of sp³-hybridized carbons (Fsp3) is 0.556. The molecule has 92 valence electrons. The minimum atomic E-state index is -3.40. The Morgan fingerprint density at radius 3 is 2.81 bits per heavy atom. The van der Waals surface area contributed by atoms with E-state index in [1.807, 2.05) is 6.92 Å². The third kappa shape index (κ3) is 4.00. The van der Waals surface area contributed by atoms with Crippen LogP contribution >= 0.6 is 38.9 Å². The van der Waals surface area contributed by atoms with Gasteiger partial charge in [-0.05, 0) is 47.1 Å². The maximum Gasteiger partial charge on any atom is 0.251 e. The van der Waals surface area contributed by atoms with E-state index in [0.29, 0.717) is 14.6 Å². The second-order valence-corrected chi connectivity index (χ2v) is 7.47. The Bertz CT molecular complexity index is 432. The van der Waals surface area contributed by atoms with Crippen molar-refractivity contribution in [2.24, 2.45) is 0 Å². The van der Waals surface area contributed by atoms with E-state index >= 15 is 0 Å². The topological polar surface area (TPSA) is 46.2 Å². The van der Waals surface area contributed by atoms with Crippen molar-refractivity contribution >= 4 is 48.9 Å². The molecule has 1 N–H and O–H groups in total. The van der Waals surface area contributed by atoms with Crippen molar-refractivity contribution in [3.8, 4) is 0 Å². The lowest BCUT2D eigenvalue weighted by atomic mass is 10.2. The molecular weight excluding hydrogens is 334 g/mol. The first-order valence-electron chi connectivity index (χ1n) is 4.78. The fourth-order valence-corrected chi connectivity index (χ4v) is 5.02. The smallest absolute Gasteiger partial charge is 0.208 e. The van der Waals surface area contributed by atoms with Crippen molar-refractivity contribution in [2.75, 3.05) is 5.88 Å². The number of hydrogen-bond acceptors (Lipinski definition) is 3. The first kappa shape index (κ1) is 14.4. The highest BCUT2D eigenvalue weighted by Gasteiger charge is 2.21. The molecule has 7 heteroatoms. The maximum absolute atomic E-state index is 11.9. The van der Waals surface area contributed by atoms with E-state index in [9.17, 15) is 8.42 Å². The summed E-state index contributed by atoms with van der Waals surface area (Å²) < 4.78 is 27.4. The van der Waals surface area contributed by atoms with E-state index in [2.05, 4.69) is 20.7 Å². The maximum atomic E-state index is 11.9. The summed E-state index contributed by atoms with van der Waals surface area (Å²) in [6.45, 7) is 1.84. The monoisotopic (exact) mass is 345 g/mol. The standard InChI is InChI=1S/C9H13BrClNO2S2/c1-7(3-2-5-11)12-16(13,14)9-8(10)4-6-15-9/h4,6-7,12H,2-3,5H2,1H3. The number of alkyl halides is 1. The molecule has 1 aromatic rings. The summed E-state index contributed by atoms with van der Waals surface area (Å²) in [5.74, 6) is 0.550. The Kier molecular flexibility index (Phi) is 5.73. The molecule has 0 saturated carbocycles. The zero-order chi connectivity index (χ0) is 12.2. The number of thiophene rings is 1. The third-order valence-corrected chi connectivity index (χ3v) is 6.48. The second-order valence-electron chi connectivity index (χ2n) is 3.41. The van der Waals surface area contributed by atoms with E-state index in [0.717, 1.165) is 12.8 Å². The van der Waals surface area contributed by atoms with Gasteiger partial charge in [0.2, 0.25) is 0 Å². The van der Waals surface area contributed by atoms with Gasteiger partial charge in [0.05, 0.1) is 0 Å². The number of rotatable bonds is 6. The molecule has 0 amide bonds. The summed E-state index contributed by atoms with van der Waals surface area (Å²) in [5, 5.41) is 1.74. The van der Waals surface area contributed by atoms with Crippen molar-refractivity contribution < 1.29 is 8.42 Å². The lowest BCUT2D eigenvalue weighted by Crippen LogP contribution is -2.32. The van der Waals surface area contributed by atoms with Crippen LogP contribution in [-0.4, -0.2) is 20.3 Å². The zero-order valence-corrected chi connectivity index (χ0v) is 12.7. The van der Waals surface area contributed by atoms with Gasteiger partial charge in [-0.1, -0.05) is 0 Å². The third-order valence-electron chi connectivity index (χ3n) is 1.96. The molecule has 0 aliphatic heterocycles. The van der Waals surface area contributed by atoms with Crippen molar-refractivity contribution in [3.63, 3.8) is 0 Å². The number of nitrogens with one attached hydrogen (secondary N) is 1. The normalized spacial score (nSPS) is 13.9. The van der Waals surface area contributed by atoms with Crippen molar-refractivity contribution in [1.82, 2.24) is 4.72 Å². The summed E-state index contributed by atoms with van der Waals surface area (Å²) in [6, 6.07) is 1.63. The van der Waals surface area contributed by atoms with E-state index in [1.165, 1.54) is 11.3 Å². The van der Waals surface area contributed by atoms with Crippen LogP contribution in [0.4, 0.5) is 0 Å². The van der Waals surface area contributed by atoms with Gasteiger partial charge in [0.1, 0.15) is 4.21 Å². The van der Waals surface area contributed by atoms with Gasteiger partial charge in [-0.3, -0.25) is 0 Å². The van der Waals surface area contributed by atoms with Gasteiger partial charge in [0, 0.05) is 16.4 Å². The van der Waals surface area contributed by atoms with Crippen LogP contribution in [0.5, 0.6) is 0 Å². The van der Waals surface area contributed by atoms with Gasteiger partial charge < -0.3 is 0 Å². The molecular formula is C9H13BrClNO2S2. The number of hydrogen-bond donors (Lipinski definition) is 1. The molecule has 0 aliphatic carbocycles. The van der Waals surface area contributed by atoms with Crippen molar-refractivity contribution in [3.05, 3.63) is 15.9 Å². The zero-order valence-electron chi connectivity index (χ0n) is 8.74. The first-order valence-corrected chi connectivity index (χ1v) is 8.47. The summed E-state index contributed by atoms with van der Waals surface area (Å²) in [5.41, 5.74) is 0. The molecule has 1 aromatic heterocycles. The Balaban J connectivity index is 2.69. The Labute approximate surface area is 113 Å². The largest absolute Gasteiger partial charge is 0.251 e. The van der Waals surface area contributed by atoms with Crippen molar-refractivity contribution in [2.45, 2.75) is 30.0 Å². The van der Waals surface area contributed by atoms with E-state index in [1.54, 1.807) is 11.4 Å². The second kappa shape index (κ2) is 6.35. The quantitative estimate of drug-likeness (QED) is 0.804. The predicted molar refractivity (Wildman–Crippen MR) is 71.8 cm³/mol. The lowest BCUT2D eigenvalue weighted by Gasteiger charge is -2.12. The van der Waals surface area contributed by atoms with Crippen LogP contribution in [0.1, 0.15) is 19.8 Å². The molecule has 1 unspecified atom stereocenters. The highest BCUT2D eigenvalue weighted by Crippen LogP contribution is 2.27. The highest BCUT2D eigenvalue weighted by molar-refractivity contribution is 9.10. The molecule has 16 heavy (non-hydrogen) atoms. The molecule has 1 heterocycles. The minimum absolute atomic E-state index is 0.0993. The average molecular weight is 347 g/mol. The van der Waals surface area contributed by atoms with Gasteiger partial charge in [-0.15, -0.1) is 22.9 Å². The molecule has 0 saturated heterocycles. The summed E-state index contributed by atoms with van der Waals surface area (Å²) in [6.07, 6.45) is 1.54. The minimum Gasteiger partial charge on any atom is -0.208 e. The molecule has 0 radical (unpaired) electrons. The first-order chi connectivity index (χ1) is 7.47. The molecule has 0 bridgehead atoms. The number of halogens is 2. The molecule has 3 nitrogen and oxygen atoms in total. The Morgan fingerprint density at radius 2 is 2.31 bits per heavy atom. The van der Waals surface area contributed by atoms with Crippen LogP contribution in [0.3, 0.4) is 0 Å². The van der Waals surface area contributed by atoms with E-state index < -0.39 is 10.0 Å². The molecule has 0 aromatic carbocycles. The highest BCUT2D eigenvalue weighted by atomic mass is 79.9. The van der Waals surface area contributed by atoms with E-state index in [4.69, 9.17) is 11.6 Å². The summed E-state index contributed by atoms with van der Waals surface area (Å²) in [4.78, 5) is 0. The fourth-order valence-electron chi connectivity index (χ4n) is 1.23. The molecule has 1 atom stereocenters. The summed E-state index contributed by atoms with van der Waals surface area (Å²) >= 11 is 9.97. The Hall–Kier alpha value is 0.380. The average Bonchev–Trinajstić information content (AvgIpc) is 2.61. The van der Waals surface area contributed by atoms with Crippen LogP contribution in [-0.2, 0) is 10.0 Å². The molecule has 0 fully saturated rings. The van der Waals surface area contributed by atoms with Gasteiger partial charge >= 0.3 is 0 Å². The van der Waals surface area contributed by atoms with Crippen LogP contribution in [0.2, 0.25) is 0 Å². The van der Waals surface area contributed by atoms with Crippen LogP contribution in [0, 0.1) is 0 Å². The van der Waals surface area contributed by atoms with Gasteiger partial charge in [0.15, 0.2) is 0 Å². The predicted octanol–water partition coefficient (Wildman–Crippen LogP) is 3.20.